The monoisotopic (exact) mass is 372 g/mol. The highest BCUT2D eigenvalue weighted by Gasteiger charge is 2.25. The molecule has 0 bridgehead atoms. The van der Waals surface area contributed by atoms with Crippen LogP contribution in [0.1, 0.15) is 24.2 Å². The highest BCUT2D eigenvalue weighted by atomic mass is 19.1. The van der Waals surface area contributed by atoms with E-state index in [0.29, 0.717) is 56.5 Å². The first-order chi connectivity index (χ1) is 13.1. The van der Waals surface area contributed by atoms with Crippen molar-refractivity contribution in [2.45, 2.75) is 13.8 Å². The van der Waals surface area contributed by atoms with Gasteiger partial charge in [0.2, 0.25) is 0 Å². The predicted octanol–water partition coefficient (Wildman–Crippen LogP) is 3.59. The molecule has 6 heteroatoms. The molecule has 0 aliphatic carbocycles. The fourth-order valence-corrected chi connectivity index (χ4v) is 3.20. The zero-order chi connectivity index (χ0) is 19.2. The highest BCUT2D eigenvalue weighted by molar-refractivity contribution is 5.97. The number of hydrogen-bond donors (Lipinski definition) is 0. The minimum absolute atomic E-state index is 0.0414. The molecule has 0 atom stereocenters. The number of halogens is 1. The van der Waals surface area contributed by atoms with E-state index in [1.807, 2.05) is 18.7 Å². The van der Waals surface area contributed by atoms with Crippen molar-refractivity contribution >= 4 is 11.6 Å². The first-order valence-corrected chi connectivity index (χ1v) is 9.31. The SMILES string of the molecule is CCOc1ccc(C(=O)N2CCN(c3ccc(F)cc3)CC2)c(OCC)c1. The van der Waals surface area contributed by atoms with E-state index >= 15 is 0 Å². The Bertz CT molecular complexity index is 771. The molecule has 5 nitrogen and oxygen atoms in total. The molecule has 1 amide bonds. The predicted molar refractivity (Wildman–Crippen MR) is 103 cm³/mol. The molecule has 0 saturated carbocycles. The summed E-state index contributed by atoms with van der Waals surface area (Å²) in [5.41, 5.74) is 1.52. The maximum atomic E-state index is 13.1. The molecule has 1 heterocycles. The second-order valence-corrected chi connectivity index (χ2v) is 6.28. The van der Waals surface area contributed by atoms with Gasteiger partial charge in [-0.15, -0.1) is 0 Å². The van der Waals surface area contributed by atoms with Crippen LogP contribution in [0.5, 0.6) is 11.5 Å². The number of amides is 1. The van der Waals surface area contributed by atoms with Gasteiger partial charge in [-0.25, -0.2) is 4.39 Å². The van der Waals surface area contributed by atoms with Crippen LogP contribution in [0, 0.1) is 5.82 Å². The van der Waals surface area contributed by atoms with E-state index < -0.39 is 0 Å². The molecule has 2 aromatic carbocycles. The van der Waals surface area contributed by atoms with Crippen molar-refractivity contribution in [3.8, 4) is 11.5 Å². The number of anilines is 1. The van der Waals surface area contributed by atoms with Crippen molar-refractivity contribution in [3.05, 3.63) is 53.8 Å². The third-order valence-electron chi connectivity index (χ3n) is 4.55. The Balaban J connectivity index is 1.69. The van der Waals surface area contributed by atoms with Crippen molar-refractivity contribution in [3.63, 3.8) is 0 Å². The fraction of sp³-hybridized carbons (Fsp3) is 0.381. The van der Waals surface area contributed by atoms with Gasteiger partial charge in [-0.1, -0.05) is 0 Å². The van der Waals surface area contributed by atoms with Gasteiger partial charge >= 0.3 is 0 Å². The fourth-order valence-electron chi connectivity index (χ4n) is 3.20. The van der Waals surface area contributed by atoms with Crippen molar-refractivity contribution in [1.82, 2.24) is 4.90 Å². The molecule has 3 rings (SSSR count). The van der Waals surface area contributed by atoms with Crippen LogP contribution >= 0.6 is 0 Å². The van der Waals surface area contributed by atoms with Gasteiger partial charge in [0.15, 0.2) is 0 Å². The number of rotatable bonds is 6. The molecule has 27 heavy (non-hydrogen) atoms. The van der Waals surface area contributed by atoms with E-state index in [1.54, 1.807) is 30.3 Å². The third kappa shape index (κ3) is 4.51. The number of hydrogen-bond acceptors (Lipinski definition) is 4. The maximum absolute atomic E-state index is 13.1. The first kappa shape index (κ1) is 19.0. The number of piperazine rings is 1. The average molecular weight is 372 g/mol. The first-order valence-electron chi connectivity index (χ1n) is 9.31. The molecule has 1 saturated heterocycles. The minimum Gasteiger partial charge on any atom is -0.494 e. The van der Waals surface area contributed by atoms with Crippen molar-refractivity contribution in [2.75, 3.05) is 44.3 Å². The quantitative estimate of drug-likeness (QED) is 0.777. The van der Waals surface area contributed by atoms with Crippen LogP contribution in [0.3, 0.4) is 0 Å². The molecule has 1 aliphatic rings. The van der Waals surface area contributed by atoms with Crippen molar-refractivity contribution < 1.29 is 18.7 Å². The van der Waals surface area contributed by atoms with Gasteiger partial charge in [0.25, 0.3) is 5.91 Å². The van der Waals surface area contributed by atoms with Crippen LogP contribution in [0.2, 0.25) is 0 Å². The van der Waals surface area contributed by atoms with E-state index in [1.165, 1.54) is 12.1 Å². The molecule has 0 unspecified atom stereocenters. The zero-order valence-electron chi connectivity index (χ0n) is 15.8. The van der Waals surface area contributed by atoms with E-state index in [-0.39, 0.29) is 11.7 Å². The van der Waals surface area contributed by atoms with Crippen LogP contribution < -0.4 is 14.4 Å². The lowest BCUT2D eigenvalue weighted by Crippen LogP contribution is -2.48. The van der Waals surface area contributed by atoms with Gasteiger partial charge in [0.1, 0.15) is 17.3 Å². The Hall–Kier alpha value is -2.76. The summed E-state index contributed by atoms with van der Waals surface area (Å²) in [5.74, 6) is 0.958. The van der Waals surface area contributed by atoms with Gasteiger partial charge in [-0.05, 0) is 50.2 Å². The number of carbonyl (C=O) groups excluding carboxylic acids is 1. The highest BCUT2D eigenvalue weighted by Crippen LogP contribution is 2.27. The normalized spacial score (nSPS) is 14.2. The summed E-state index contributed by atoms with van der Waals surface area (Å²) in [6.07, 6.45) is 0. The Morgan fingerprint density at radius 1 is 0.963 bits per heavy atom. The zero-order valence-corrected chi connectivity index (χ0v) is 15.8. The van der Waals surface area contributed by atoms with Gasteiger partial charge in [-0.2, -0.15) is 0 Å². The van der Waals surface area contributed by atoms with Crippen molar-refractivity contribution in [1.29, 1.82) is 0 Å². The summed E-state index contributed by atoms with van der Waals surface area (Å²) in [6.45, 7) is 7.47. The van der Waals surface area contributed by atoms with E-state index in [0.717, 1.165) is 5.69 Å². The molecular weight excluding hydrogens is 347 g/mol. The number of carbonyl (C=O) groups is 1. The van der Waals surface area contributed by atoms with Crippen LogP contribution in [-0.4, -0.2) is 50.2 Å². The molecule has 0 N–H and O–H groups in total. The molecule has 0 aromatic heterocycles. The second-order valence-electron chi connectivity index (χ2n) is 6.28. The van der Waals surface area contributed by atoms with Crippen LogP contribution in [-0.2, 0) is 0 Å². The minimum atomic E-state index is -0.244. The molecule has 2 aromatic rings. The summed E-state index contributed by atoms with van der Waals surface area (Å²) in [4.78, 5) is 17.0. The Morgan fingerprint density at radius 2 is 1.63 bits per heavy atom. The van der Waals surface area contributed by atoms with Crippen LogP contribution in [0.25, 0.3) is 0 Å². The van der Waals surface area contributed by atoms with E-state index in [2.05, 4.69) is 4.90 Å². The van der Waals surface area contributed by atoms with Gasteiger partial charge in [0.05, 0.1) is 18.8 Å². The Kier molecular flexibility index (Phi) is 6.16. The Morgan fingerprint density at radius 3 is 2.26 bits per heavy atom. The molecule has 0 radical (unpaired) electrons. The number of ether oxygens (including phenoxy) is 2. The maximum Gasteiger partial charge on any atom is 0.257 e. The second kappa shape index (κ2) is 8.75. The standard InChI is InChI=1S/C21H25FN2O3/c1-3-26-18-9-10-19(20(15-18)27-4-2)21(25)24-13-11-23(12-14-24)17-7-5-16(22)6-8-17/h5-10,15H,3-4,11-14H2,1-2H3. The van der Waals surface area contributed by atoms with Crippen LogP contribution in [0.4, 0.5) is 10.1 Å². The van der Waals surface area contributed by atoms with Crippen LogP contribution in [0.15, 0.2) is 42.5 Å². The third-order valence-corrected chi connectivity index (χ3v) is 4.55. The summed E-state index contributed by atoms with van der Waals surface area (Å²) in [6, 6.07) is 11.8. The van der Waals surface area contributed by atoms with E-state index in [9.17, 15) is 9.18 Å². The molecule has 1 fully saturated rings. The lowest BCUT2D eigenvalue weighted by molar-refractivity contribution is 0.0742. The number of benzene rings is 2. The lowest BCUT2D eigenvalue weighted by atomic mass is 10.1. The summed E-state index contributed by atoms with van der Waals surface area (Å²) < 4.78 is 24.3. The van der Waals surface area contributed by atoms with Gasteiger partial charge < -0.3 is 19.3 Å². The number of nitrogens with zero attached hydrogens (tertiary/aromatic N) is 2. The largest absolute Gasteiger partial charge is 0.494 e. The average Bonchev–Trinajstić information content (AvgIpc) is 2.69. The lowest BCUT2D eigenvalue weighted by Gasteiger charge is -2.36. The molecular formula is C21H25FN2O3. The topological polar surface area (TPSA) is 42.0 Å². The smallest absolute Gasteiger partial charge is 0.257 e. The Labute approximate surface area is 159 Å². The summed E-state index contributed by atoms with van der Waals surface area (Å²) in [7, 11) is 0. The molecule has 0 spiro atoms. The summed E-state index contributed by atoms with van der Waals surface area (Å²) in [5, 5.41) is 0. The molecule has 144 valence electrons. The summed E-state index contributed by atoms with van der Waals surface area (Å²) >= 11 is 0. The van der Waals surface area contributed by atoms with E-state index in [4.69, 9.17) is 9.47 Å². The van der Waals surface area contributed by atoms with Crippen molar-refractivity contribution in [2.24, 2.45) is 0 Å². The van der Waals surface area contributed by atoms with Gasteiger partial charge in [0, 0.05) is 37.9 Å². The molecule has 1 aliphatic heterocycles. The van der Waals surface area contributed by atoms with Gasteiger partial charge in [-0.3, -0.25) is 4.79 Å².